The Bertz CT molecular complexity index is 460. The van der Waals surface area contributed by atoms with Crippen LogP contribution in [0.5, 0.6) is 0 Å². The second kappa shape index (κ2) is 7.14. The summed E-state index contributed by atoms with van der Waals surface area (Å²) in [6, 6.07) is 6.45. The third-order valence-corrected chi connectivity index (χ3v) is 3.20. The molecule has 0 aliphatic heterocycles. The van der Waals surface area contributed by atoms with Gasteiger partial charge in [0.25, 0.3) is 0 Å². The Morgan fingerprint density at radius 2 is 1.95 bits per heavy atom. The van der Waals surface area contributed by atoms with Crippen LogP contribution in [0.25, 0.3) is 0 Å². The molecule has 1 amide bonds. The summed E-state index contributed by atoms with van der Waals surface area (Å²) in [5.74, 6) is -1.44. The fourth-order valence-electron chi connectivity index (χ4n) is 1.71. The largest absolute Gasteiger partial charge is 0.480 e. The van der Waals surface area contributed by atoms with Gasteiger partial charge in [0, 0.05) is 11.4 Å². The second-order valence-corrected chi connectivity index (χ2v) is 5.13. The molecule has 1 aromatic carbocycles. The molecule has 0 heterocycles. The van der Waals surface area contributed by atoms with Crippen molar-refractivity contribution < 1.29 is 14.7 Å². The smallest absolute Gasteiger partial charge is 0.326 e. The highest BCUT2D eigenvalue weighted by Gasteiger charge is 2.23. The summed E-state index contributed by atoms with van der Waals surface area (Å²) in [6.07, 6.45) is 0.718. The van der Waals surface area contributed by atoms with Crippen molar-refractivity contribution in [1.29, 1.82) is 0 Å². The molecule has 0 saturated heterocycles. The van der Waals surface area contributed by atoms with E-state index in [-0.39, 0.29) is 18.2 Å². The molecule has 0 aromatic heterocycles. The summed E-state index contributed by atoms with van der Waals surface area (Å²) in [5.41, 5.74) is 0.885. The van der Waals surface area contributed by atoms with Crippen molar-refractivity contribution in [2.45, 2.75) is 32.7 Å². The lowest BCUT2D eigenvalue weighted by Gasteiger charge is -2.17. The zero-order valence-corrected chi connectivity index (χ0v) is 11.8. The van der Waals surface area contributed by atoms with Gasteiger partial charge in [0.15, 0.2) is 0 Å². The van der Waals surface area contributed by atoms with Crippen LogP contribution in [0.3, 0.4) is 0 Å². The van der Waals surface area contributed by atoms with E-state index < -0.39 is 12.0 Å². The Morgan fingerprint density at radius 3 is 2.47 bits per heavy atom. The topological polar surface area (TPSA) is 66.4 Å². The van der Waals surface area contributed by atoms with Crippen molar-refractivity contribution in [2.24, 2.45) is 5.92 Å². The maximum Gasteiger partial charge on any atom is 0.326 e. The molecular formula is C14H18ClNO3. The highest BCUT2D eigenvalue weighted by molar-refractivity contribution is 6.31. The molecule has 0 saturated carbocycles. The van der Waals surface area contributed by atoms with Crippen molar-refractivity contribution in [2.75, 3.05) is 0 Å². The average Bonchev–Trinajstić information content (AvgIpc) is 2.34. The van der Waals surface area contributed by atoms with Gasteiger partial charge < -0.3 is 10.4 Å². The van der Waals surface area contributed by atoms with E-state index in [1.54, 1.807) is 19.9 Å². The number of halogens is 1. The Balaban J connectivity index is 2.52. The molecular weight excluding hydrogens is 266 g/mol. The van der Waals surface area contributed by atoms with Gasteiger partial charge in [-0.05, 0) is 24.0 Å². The highest BCUT2D eigenvalue weighted by Crippen LogP contribution is 2.16. The van der Waals surface area contributed by atoms with Crippen LogP contribution in [0.15, 0.2) is 24.3 Å². The fourth-order valence-corrected chi connectivity index (χ4v) is 1.94. The first-order valence-electron chi connectivity index (χ1n) is 6.17. The minimum Gasteiger partial charge on any atom is -0.480 e. The van der Waals surface area contributed by atoms with Gasteiger partial charge >= 0.3 is 5.97 Å². The van der Waals surface area contributed by atoms with Crippen LogP contribution in [0.2, 0.25) is 5.02 Å². The number of benzene rings is 1. The number of aliphatic carboxylic acids is 1. The Morgan fingerprint density at radius 1 is 1.32 bits per heavy atom. The molecule has 0 spiro atoms. The van der Waals surface area contributed by atoms with Gasteiger partial charge in [-0.2, -0.15) is 0 Å². The first-order valence-corrected chi connectivity index (χ1v) is 6.55. The van der Waals surface area contributed by atoms with Crippen LogP contribution in [-0.2, 0) is 16.0 Å². The van der Waals surface area contributed by atoms with E-state index in [0.29, 0.717) is 11.4 Å². The molecule has 0 aliphatic rings. The monoisotopic (exact) mass is 283 g/mol. The molecule has 4 nitrogen and oxygen atoms in total. The summed E-state index contributed by atoms with van der Waals surface area (Å²) in [7, 11) is 0. The number of carboxylic acid groups (broad SMARTS) is 1. The lowest BCUT2D eigenvalue weighted by molar-refractivity contribution is -0.143. The molecule has 1 unspecified atom stereocenters. The quantitative estimate of drug-likeness (QED) is 0.843. The van der Waals surface area contributed by atoms with Crippen LogP contribution in [0.1, 0.15) is 25.8 Å². The predicted molar refractivity (Wildman–Crippen MR) is 74.2 cm³/mol. The number of carbonyl (C=O) groups excluding carboxylic acids is 1. The van der Waals surface area contributed by atoms with Crippen LogP contribution < -0.4 is 5.32 Å². The number of carbonyl (C=O) groups is 2. The van der Waals surface area contributed by atoms with Gasteiger partial charge in [-0.1, -0.05) is 43.6 Å². The lowest BCUT2D eigenvalue weighted by Crippen LogP contribution is -2.44. The summed E-state index contributed by atoms with van der Waals surface area (Å²) in [5, 5.41) is 12.1. The van der Waals surface area contributed by atoms with Gasteiger partial charge in [0.1, 0.15) is 6.04 Å². The van der Waals surface area contributed by atoms with E-state index in [4.69, 9.17) is 16.7 Å². The third kappa shape index (κ3) is 4.91. The molecule has 0 bridgehead atoms. The normalized spacial score (nSPS) is 12.2. The Hall–Kier alpha value is -1.55. The molecule has 0 radical (unpaired) electrons. The van der Waals surface area contributed by atoms with Crippen molar-refractivity contribution in [3.05, 3.63) is 34.9 Å². The summed E-state index contributed by atoms with van der Waals surface area (Å²) in [4.78, 5) is 22.7. The van der Waals surface area contributed by atoms with Gasteiger partial charge in [0.2, 0.25) is 5.91 Å². The number of aryl methyl sites for hydroxylation is 1. The maximum atomic E-state index is 11.7. The number of hydrogen-bond donors (Lipinski definition) is 2. The minimum absolute atomic E-state index is 0.151. The number of carboxylic acids is 1. The van der Waals surface area contributed by atoms with Gasteiger partial charge in [-0.3, -0.25) is 4.79 Å². The number of amides is 1. The zero-order valence-electron chi connectivity index (χ0n) is 11.0. The first kappa shape index (κ1) is 15.5. The summed E-state index contributed by atoms with van der Waals surface area (Å²) >= 11 is 5.99. The van der Waals surface area contributed by atoms with Gasteiger partial charge in [0.05, 0.1) is 0 Å². The SMILES string of the molecule is CC(C)C(NC(=O)CCc1ccccc1Cl)C(=O)O. The average molecular weight is 284 g/mol. The summed E-state index contributed by atoms with van der Waals surface area (Å²) in [6.45, 7) is 3.51. The van der Waals surface area contributed by atoms with Crippen molar-refractivity contribution >= 4 is 23.5 Å². The second-order valence-electron chi connectivity index (χ2n) is 4.72. The van der Waals surface area contributed by atoms with E-state index in [1.165, 1.54) is 0 Å². The third-order valence-electron chi connectivity index (χ3n) is 2.83. The lowest BCUT2D eigenvalue weighted by atomic mass is 10.0. The van der Waals surface area contributed by atoms with Crippen LogP contribution in [0.4, 0.5) is 0 Å². The number of hydrogen-bond acceptors (Lipinski definition) is 2. The molecule has 19 heavy (non-hydrogen) atoms. The molecule has 0 fully saturated rings. The molecule has 104 valence electrons. The van der Waals surface area contributed by atoms with E-state index in [9.17, 15) is 9.59 Å². The Kier molecular flexibility index (Phi) is 5.83. The molecule has 0 aliphatic carbocycles. The van der Waals surface area contributed by atoms with E-state index in [2.05, 4.69) is 5.32 Å². The van der Waals surface area contributed by atoms with E-state index >= 15 is 0 Å². The van der Waals surface area contributed by atoms with Crippen LogP contribution in [-0.4, -0.2) is 23.0 Å². The van der Waals surface area contributed by atoms with Crippen LogP contribution >= 0.6 is 11.6 Å². The maximum absolute atomic E-state index is 11.7. The van der Waals surface area contributed by atoms with E-state index in [1.807, 2.05) is 18.2 Å². The van der Waals surface area contributed by atoms with Gasteiger partial charge in [-0.25, -0.2) is 4.79 Å². The Labute approximate surface area is 117 Å². The number of rotatable bonds is 6. The zero-order chi connectivity index (χ0) is 14.4. The molecule has 1 rings (SSSR count). The molecule has 5 heteroatoms. The van der Waals surface area contributed by atoms with Gasteiger partial charge in [-0.15, -0.1) is 0 Å². The predicted octanol–water partition coefficient (Wildman–Crippen LogP) is 2.50. The summed E-state index contributed by atoms with van der Waals surface area (Å²) < 4.78 is 0. The highest BCUT2D eigenvalue weighted by atomic mass is 35.5. The number of nitrogens with one attached hydrogen (secondary N) is 1. The van der Waals surface area contributed by atoms with E-state index in [0.717, 1.165) is 5.56 Å². The minimum atomic E-state index is -1.01. The standard InChI is InChI=1S/C14H18ClNO3/c1-9(2)13(14(18)19)16-12(17)8-7-10-5-3-4-6-11(10)15/h3-6,9,13H,7-8H2,1-2H3,(H,16,17)(H,18,19). The molecule has 1 atom stereocenters. The molecule has 2 N–H and O–H groups in total. The van der Waals surface area contributed by atoms with Crippen LogP contribution in [0, 0.1) is 5.92 Å². The van der Waals surface area contributed by atoms with Crippen molar-refractivity contribution in [3.63, 3.8) is 0 Å². The first-order chi connectivity index (χ1) is 8.91. The molecule has 1 aromatic rings. The van der Waals surface area contributed by atoms with Crippen molar-refractivity contribution in [1.82, 2.24) is 5.32 Å². The van der Waals surface area contributed by atoms with Crippen molar-refractivity contribution in [3.8, 4) is 0 Å². The fraction of sp³-hybridized carbons (Fsp3) is 0.429.